The third kappa shape index (κ3) is 3.74. The van der Waals surface area contributed by atoms with Crippen LogP contribution in [0.2, 0.25) is 0 Å². The van der Waals surface area contributed by atoms with E-state index in [1.54, 1.807) is 0 Å². The number of carboxylic acid groups (broad SMARTS) is 1. The number of hydrogen-bond donors (Lipinski definition) is 1. The molecule has 1 aliphatic rings. The highest BCUT2D eigenvalue weighted by Crippen LogP contribution is 2.12. The van der Waals surface area contributed by atoms with Crippen molar-refractivity contribution in [3.63, 3.8) is 0 Å². The first kappa shape index (κ1) is 10.5. The molecule has 0 spiro atoms. The topological polar surface area (TPSA) is 49.8 Å². The Labute approximate surface area is 78.5 Å². The van der Waals surface area contributed by atoms with E-state index < -0.39 is 5.97 Å². The van der Waals surface area contributed by atoms with Crippen LogP contribution in [0.1, 0.15) is 19.8 Å². The number of piperidine rings is 1. The molecule has 0 atom stereocenters. The molecule has 1 N–H and O–H groups in total. The van der Waals surface area contributed by atoms with Crippen LogP contribution in [0.15, 0.2) is 0 Å². The van der Waals surface area contributed by atoms with Crippen molar-refractivity contribution < 1.29 is 14.6 Å². The Hall–Kier alpha value is -0.610. The van der Waals surface area contributed by atoms with E-state index in [1.807, 2.05) is 11.8 Å². The second kappa shape index (κ2) is 5.19. The largest absolute Gasteiger partial charge is 0.480 e. The summed E-state index contributed by atoms with van der Waals surface area (Å²) in [6, 6.07) is 0. The Morgan fingerprint density at radius 3 is 2.62 bits per heavy atom. The molecule has 13 heavy (non-hydrogen) atoms. The quantitative estimate of drug-likeness (QED) is 0.699. The fraction of sp³-hybridized carbons (Fsp3) is 0.889. The maximum atomic E-state index is 10.4. The molecule has 1 fully saturated rings. The zero-order chi connectivity index (χ0) is 9.68. The van der Waals surface area contributed by atoms with E-state index in [2.05, 4.69) is 0 Å². The van der Waals surface area contributed by atoms with Gasteiger partial charge in [0.2, 0.25) is 0 Å². The molecule has 4 nitrogen and oxygen atoms in total. The van der Waals surface area contributed by atoms with E-state index in [9.17, 15) is 4.79 Å². The maximum absolute atomic E-state index is 10.4. The highest BCUT2D eigenvalue weighted by Gasteiger charge is 2.20. The predicted octanol–water partition coefficient (Wildman–Crippen LogP) is 0.572. The van der Waals surface area contributed by atoms with Crippen molar-refractivity contribution in [2.75, 3.05) is 26.2 Å². The summed E-state index contributed by atoms with van der Waals surface area (Å²) in [5, 5.41) is 8.56. The predicted molar refractivity (Wildman–Crippen MR) is 48.7 cm³/mol. The van der Waals surface area contributed by atoms with Gasteiger partial charge in [-0.15, -0.1) is 0 Å². The van der Waals surface area contributed by atoms with Gasteiger partial charge < -0.3 is 9.84 Å². The van der Waals surface area contributed by atoms with Crippen LogP contribution in [0.5, 0.6) is 0 Å². The van der Waals surface area contributed by atoms with Crippen molar-refractivity contribution in [1.82, 2.24) is 4.90 Å². The number of rotatable bonds is 4. The Kier molecular flexibility index (Phi) is 4.18. The molecule has 1 rings (SSSR count). The third-order valence-electron chi connectivity index (χ3n) is 2.30. The van der Waals surface area contributed by atoms with E-state index in [-0.39, 0.29) is 6.54 Å². The monoisotopic (exact) mass is 187 g/mol. The molecule has 0 unspecified atom stereocenters. The van der Waals surface area contributed by atoms with Crippen molar-refractivity contribution in [2.45, 2.75) is 25.9 Å². The summed E-state index contributed by atoms with van der Waals surface area (Å²) in [5.74, 6) is -0.741. The van der Waals surface area contributed by atoms with Crippen molar-refractivity contribution >= 4 is 5.97 Å². The number of ether oxygens (including phenoxy) is 1. The van der Waals surface area contributed by atoms with Gasteiger partial charge in [-0.05, 0) is 19.8 Å². The van der Waals surface area contributed by atoms with Crippen molar-refractivity contribution in [2.24, 2.45) is 0 Å². The van der Waals surface area contributed by atoms with Gasteiger partial charge >= 0.3 is 5.97 Å². The Bertz CT molecular complexity index is 164. The second-order valence-corrected chi connectivity index (χ2v) is 3.32. The molecule has 0 radical (unpaired) electrons. The zero-order valence-electron chi connectivity index (χ0n) is 8.03. The Morgan fingerprint density at radius 1 is 1.54 bits per heavy atom. The fourth-order valence-electron chi connectivity index (χ4n) is 1.66. The first-order chi connectivity index (χ1) is 6.22. The van der Waals surface area contributed by atoms with Gasteiger partial charge in [-0.2, -0.15) is 0 Å². The normalized spacial score (nSPS) is 20.4. The lowest BCUT2D eigenvalue weighted by molar-refractivity contribution is -0.139. The van der Waals surface area contributed by atoms with Gasteiger partial charge in [-0.3, -0.25) is 9.69 Å². The summed E-state index contributed by atoms with van der Waals surface area (Å²) in [6.45, 7) is 4.60. The number of aliphatic carboxylic acids is 1. The summed E-state index contributed by atoms with van der Waals surface area (Å²) in [5.41, 5.74) is 0. The minimum atomic E-state index is -0.741. The SMILES string of the molecule is CCOC1CCN(CC(=O)O)CC1. The van der Waals surface area contributed by atoms with Crippen LogP contribution in [0.3, 0.4) is 0 Å². The van der Waals surface area contributed by atoms with E-state index in [0.717, 1.165) is 32.5 Å². The lowest BCUT2D eigenvalue weighted by Crippen LogP contribution is -2.39. The minimum Gasteiger partial charge on any atom is -0.480 e. The Balaban J connectivity index is 2.18. The van der Waals surface area contributed by atoms with Crippen LogP contribution in [-0.2, 0) is 9.53 Å². The molecule has 76 valence electrons. The number of carboxylic acids is 1. The molecule has 0 amide bonds. The highest BCUT2D eigenvalue weighted by atomic mass is 16.5. The second-order valence-electron chi connectivity index (χ2n) is 3.32. The molecule has 0 aromatic carbocycles. The lowest BCUT2D eigenvalue weighted by Gasteiger charge is -2.30. The molecular weight excluding hydrogens is 170 g/mol. The maximum Gasteiger partial charge on any atom is 0.317 e. The highest BCUT2D eigenvalue weighted by molar-refractivity contribution is 5.69. The number of nitrogens with zero attached hydrogens (tertiary/aromatic N) is 1. The van der Waals surface area contributed by atoms with E-state index >= 15 is 0 Å². The smallest absolute Gasteiger partial charge is 0.317 e. The lowest BCUT2D eigenvalue weighted by atomic mass is 10.1. The summed E-state index contributed by atoms with van der Waals surface area (Å²) < 4.78 is 5.46. The van der Waals surface area contributed by atoms with Crippen molar-refractivity contribution in [3.05, 3.63) is 0 Å². The van der Waals surface area contributed by atoms with Gasteiger partial charge in [0.15, 0.2) is 0 Å². The molecular formula is C9H17NO3. The zero-order valence-corrected chi connectivity index (χ0v) is 8.03. The fourth-order valence-corrected chi connectivity index (χ4v) is 1.66. The van der Waals surface area contributed by atoms with Gasteiger partial charge in [0.25, 0.3) is 0 Å². The summed E-state index contributed by atoms with van der Waals surface area (Å²) >= 11 is 0. The van der Waals surface area contributed by atoms with Crippen molar-refractivity contribution in [1.29, 1.82) is 0 Å². The van der Waals surface area contributed by atoms with E-state index in [0.29, 0.717) is 6.10 Å². The molecule has 1 saturated heterocycles. The van der Waals surface area contributed by atoms with Gasteiger partial charge in [-0.25, -0.2) is 0 Å². The first-order valence-corrected chi connectivity index (χ1v) is 4.78. The molecule has 1 heterocycles. The average Bonchev–Trinajstić information content (AvgIpc) is 2.08. The van der Waals surface area contributed by atoms with Crippen LogP contribution in [0.4, 0.5) is 0 Å². The van der Waals surface area contributed by atoms with Gasteiger partial charge in [0.1, 0.15) is 0 Å². The molecule has 0 saturated carbocycles. The van der Waals surface area contributed by atoms with Crippen LogP contribution in [0, 0.1) is 0 Å². The van der Waals surface area contributed by atoms with Gasteiger partial charge in [0, 0.05) is 19.7 Å². The summed E-state index contributed by atoms with van der Waals surface area (Å²) in [4.78, 5) is 12.4. The molecule has 4 heteroatoms. The van der Waals surface area contributed by atoms with Gasteiger partial charge in [-0.1, -0.05) is 0 Å². The van der Waals surface area contributed by atoms with Crippen LogP contribution >= 0.6 is 0 Å². The molecule has 1 aliphatic heterocycles. The van der Waals surface area contributed by atoms with E-state index in [4.69, 9.17) is 9.84 Å². The van der Waals surface area contributed by atoms with Crippen LogP contribution in [0.25, 0.3) is 0 Å². The minimum absolute atomic E-state index is 0.166. The summed E-state index contributed by atoms with van der Waals surface area (Å²) in [7, 11) is 0. The third-order valence-corrected chi connectivity index (χ3v) is 2.30. The standard InChI is InChI=1S/C9H17NO3/c1-2-13-8-3-5-10(6-4-8)7-9(11)12/h8H,2-7H2,1H3,(H,11,12). The van der Waals surface area contributed by atoms with Gasteiger partial charge in [0.05, 0.1) is 12.6 Å². The molecule has 0 bridgehead atoms. The Morgan fingerprint density at radius 2 is 2.15 bits per heavy atom. The number of likely N-dealkylation sites (tertiary alicyclic amines) is 1. The summed E-state index contributed by atoms with van der Waals surface area (Å²) in [6.07, 6.45) is 2.26. The van der Waals surface area contributed by atoms with Crippen LogP contribution < -0.4 is 0 Å². The molecule has 0 aliphatic carbocycles. The number of carbonyl (C=O) groups is 1. The average molecular weight is 187 g/mol. The number of hydrogen-bond acceptors (Lipinski definition) is 3. The van der Waals surface area contributed by atoms with Crippen LogP contribution in [-0.4, -0.2) is 48.3 Å². The first-order valence-electron chi connectivity index (χ1n) is 4.78. The van der Waals surface area contributed by atoms with Crippen molar-refractivity contribution in [3.8, 4) is 0 Å². The molecule has 0 aromatic rings. The molecule has 0 aromatic heterocycles. The van der Waals surface area contributed by atoms with E-state index in [1.165, 1.54) is 0 Å².